The summed E-state index contributed by atoms with van der Waals surface area (Å²) in [6.45, 7) is 17.8. The molecule has 0 bridgehead atoms. The molecule has 12 heteroatoms. The van der Waals surface area contributed by atoms with Crippen LogP contribution >= 0.6 is 0 Å². The molecule has 0 radical (unpaired) electrons. The van der Waals surface area contributed by atoms with Gasteiger partial charge in [-0.2, -0.15) is 9.97 Å². The number of nitrogens with zero attached hydrogens (tertiary/aromatic N) is 7. The molecule has 2 fully saturated rings. The van der Waals surface area contributed by atoms with Gasteiger partial charge in [-0.15, -0.1) is 0 Å². The van der Waals surface area contributed by atoms with Gasteiger partial charge in [0.25, 0.3) is 5.91 Å². The smallest absolute Gasteiger partial charge is 0.318 e. The number of likely N-dealkylation sites (N-methyl/N-ethyl adjacent to an activating group) is 1. The summed E-state index contributed by atoms with van der Waals surface area (Å²) in [7, 11) is 1.91. The number of halogens is 3. The molecule has 1 saturated carbocycles. The second-order valence-electron chi connectivity index (χ2n) is 13.5. The van der Waals surface area contributed by atoms with E-state index in [0.29, 0.717) is 38.4 Å². The lowest BCUT2D eigenvalue weighted by Gasteiger charge is -2.41. The van der Waals surface area contributed by atoms with Crippen LogP contribution in [0.2, 0.25) is 0 Å². The summed E-state index contributed by atoms with van der Waals surface area (Å²) in [4.78, 5) is 33.7. The van der Waals surface area contributed by atoms with Crippen LogP contribution in [0.3, 0.4) is 0 Å². The molecule has 1 saturated heterocycles. The van der Waals surface area contributed by atoms with Crippen molar-refractivity contribution in [2.24, 2.45) is 5.92 Å². The zero-order valence-electron chi connectivity index (χ0n) is 27.8. The van der Waals surface area contributed by atoms with Crippen LogP contribution in [0, 0.1) is 19.4 Å². The van der Waals surface area contributed by atoms with E-state index in [2.05, 4.69) is 64.5 Å². The van der Waals surface area contributed by atoms with Gasteiger partial charge in [0.05, 0.1) is 12.2 Å². The van der Waals surface area contributed by atoms with Gasteiger partial charge in [-0.3, -0.25) is 4.79 Å². The van der Waals surface area contributed by atoms with Gasteiger partial charge in [-0.25, -0.2) is 19.7 Å². The molecule has 48 heavy (non-hydrogen) atoms. The van der Waals surface area contributed by atoms with Gasteiger partial charge < -0.3 is 29.2 Å². The summed E-state index contributed by atoms with van der Waals surface area (Å²) >= 11 is 0. The van der Waals surface area contributed by atoms with Gasteiger partial charge in [-0.05, 0) is 50.2 Å². The van der Waals surface area contributed by atoms with E-state index in [1.807, 2.05) is 18.9 Å². The van der Waals surface area contributed by atoms with Gasteiger partial charge in [0.2, 0.25) is 12.5 Å². The largest absolute Gasteiger partial charge is 0.462 e. The Balaban J connectivity index is 1.28. The van der Waals surface area contributed by atoms with E-state index in [4.69, 9.17) is 21.3 Å². The van der Waals surface area contributed by atoms with Crippen LogP contribution in [0.15, 0.2) is 48.8 Å². The normalized spacial score (nSPS) is 19.9. The molecule has 1 amide bonds. The molecule has 9 nitrogen and oxygen atoms in total. The molecule has 3 aliphatic rings. The summed E-state index contributed by atoms with van der Waals surface area (Å²) in [5.74, 6) is -3.72. The Morgan fingerprint density at radius 2 is 1.92 bits per heavy atom. The fourth-order valence-corrected chi connectivity index (χ4v) is 7.25. The van der Waals surface area contributed by atoms with Crippen LogP contribution in [-0.4, -0.2) is 96.6 Å². The number of rotatable bonds is 10. The van der Waals surface area contributed by atoms with Crippen molar-refractivity contribution in [1.82, 2.24) is 19.8 Å². The van der Waals surface area contributed by atoms with Crippen molar-refractivity contribution in [3.05, 3.63) is 77.0 Å². The van der Waals surface area contributed by atoms with Crippen LogP contribution in [-0.2, 0) is 17.8 Å². The standard InChI is InChI=1S/C36H42F3N7O2/c1-23-8-6-9-27-10-7-11-31(32(23)27)44-13-12-29-30(21-44)41-35(48-22-24(2)43(5)19-26-16-36(38,39)17-26)42-33(29)45-14-15-46(34(47)25(3)37)28(20-45)18-40-4/h6-11,24,26,28H,3,12-22H2,1-2,5H3/t24-,28-/m0/s1. The van der Waals surface area contributed by atoms with Gasteiger partial charge in [-0.1, -0.05) is 36.9 Å². The minimum Gasteiger partial charge on any atom is -0.462 e. The van der Waals surface area contributed by atoms with Crippen molar-refractivity contribution < 1.29 is 22.7 Å². The minimum atomic E-state index is -2.55. The number of carbonyl (C=O) groups is 1. The Morgan fingerprint density at radius 3 is 2.62 bits per heavy atom. The number of hydrogen-bond acceptors (Lipinski definition) is 7. The Labute approximate surface area is 279 Å². The van der Waals surface area contributed by atoms with Crippen LogP contribution in [0.25, 0.3) is 15.6 Å². The topological polar surface area (TPSA) is 69.4 Å². The average Bonchev–Trinajstić information content (AvgIpc) is 3.05. The molecule has 2 aromatic carbocycles. The minimum absolute atomic E-state index is 0.0249. The number of benzene rings is 2. The number of aryl methyl sites for hydroxylation is 1. The average molecular weight is 662 g/mol. The highest BCUT2D eigenvalue weighted by molar-refractivity contribution is 5.97. The van der Waals surface area contributed by atoms with E-state index in [0.717, 1.165) is 23.5 Å². The zero-order chi connectivity index (χ0) is 34.2. The molecule has 2 atom stereocenters. The summed E-state index contributed by atoms with van der Waals surface area (Å²) < 4.78 is 46.9. The fraction of sp³-hybridized carbons (Fsp3) is 0.500. The molecule has 3 heterocycles. The van der Waals surface area contributed by atoms with Gasteiger partial charge in [0.1, 0.15) is 18.5 Å². The van der Waals surface area contributed by atoms with Gasteiger partial charge in [0, 0.05) is 68.2 Å². The number of aromatic nitrogens is 2. The summed E-state index contributed by atoms with van der Waals surface area (Å²) in [6, 6.07) is 12.2. The number of piperazine rings is 1. The third kappa shape index (κ3) is 6.92. The third-order valence-corrected chi connectivity index (χ3v) is 9.96. The fourth-order valence-electron chi connectivity index (χ4n) is 7.25. The van der Waals surface area contributed by atoms with E-state index in [-0.39, 0.29) is 50.5 Å². The number of carbonyl (C=O) groups excluding carboxylic acids is 1. The molecule has 2 aliphatic heterocycles. The van der Waals surface area contributed by atoms with Crippen LogP contribution < -0.4 is 14.5 Å². The van der Waals surface area contributed by atoms with Crippen LogP contribution in [0.5, 0.6) is 6.01 Å². The summed E-state index contributed by atoms with van der Waals surface area (Å²) in [5, 5.41) is 2.37. The van der Waals surface area contributed by atoms with Crippen molar-refractivity contribution in [2.45, 2.75) is 57.7 Å². The Bertz CT molecular complexity index is 1730. The molecule has 0 N–H and O–H groups in total. The SMILES string of the molecule is [C-]#[N+]C[C@H]1CN(c2nc(OC[C@H](C)N(C)CC3CC(F)(F)C3)nc3c2CCN(c2cccc4cccc(C)c24)C3)CCN1C(=O)C(=C)F. The summed E-state index contributed by atoms with van der Waals surface area (Å²) in [5.41, 5.74) is 4.15. The molecule has 3 aromatic rings. The Morgan fingerprint density at radius 1 is 1.17 bits per heavy atom. The molecule has 254 valence electrons. The van der Waals surface area contributed by atoms with Crippen molar-refractivity contribution >= 4 is 28.2 Å². The van der Waals surface area contributed by atoms with Crippen LogP contribution in [0.1, 0.15) is 36.6 Å². The van der Waals surface area contributed by atoms with Crippen molar-refractivity contribution in [3.8, 4) is 6.01 Å². The molecule has 0 spiro atoms. The Kier molecular flexibility index (Phi) is 9.52. The van der Waals surface area contributed by atoms with Crippen molar-refractivity contribution in [1.29, 1.82) is 0 Å². The van der Waals surface area contributed by atoms with E-state index in [1.165, 1.54) is 21.2 Å². The maximum atomic E-state index is 13.9. The third-order valence-electron chi connectivity index (χ3n) is 9.96. The maximum absolute atomic E-state index is 13.9. The van der Waals surface area contributed by atoms with Gasteiger partial charge in [0.15, 0.2) is 5.83 Å². The zero-order valence-corrected chi connectivity index (χ0v) is 27.8. The lowest BCUT2D eigenvalue weighted by Crippen LogP contribution is -2.57. The van der Waals surface area contributed by atoms with Gasteiger partial charge >= 0.3 is 6.01 Å². The molecular formula is C36H42F3N7O2. The predicted octanol–water partition coefficient (Wildman–Crippen LogP) is 5.67. The first-order valence-corrected chi connectivity index (χ1v) is 16.5. The lowest BCUT2D eigenvalue weighted by molar-refractivity contribution is -0.131. The van der Waals surface area contributed by atoms with E-state index in [9.17, 15) is 18.0 Å². The first-order valence-electron chi connectivity index (χ1n) is 16.5. The first kappa shape index (κ1) is 33.5. The van der Waals surface area contributed by atoms with Crippen molar-refractivity contribution in [3.63, 3.8) is 0 Å². The second kappa shape index (κ2) is 13.6. The van der Waals surface area contributed by atoms with E-state index >= 15 is 0 Å². The number of anilines is 2. The highest BCUT2D eigenvalue weighted by Crippen LogP contribution is 2.42. The predicted molar refractivity (Wildman–Crippen MR) is 180 cm³/mol. The Hall–Kier alpha value is -4.37. The highest BCUT2D eigenvalue weighted by atomic mass is 19.3. The number of ether oxygens (including phenoxy) is 1. The highest BCUT2D eigenvalue weighted by Gasteiger charge is 2.45. The van der Waals surface area contributed by atoms with E-state index in [1.54, 1.807) is 0 Å². The lowest BCUT2D eigenvalue weighted by atomic mass is 9.81. The molecular weight excluding hydrogens is 619 g/mol. The monoisotopic (exact) mass is 661 g/mol. The summed E-state index contributed by atoms with van der Waals surface area (Å²) in [6.07, 6.45) is 0.510. The van der Waals surface area contributed by atoms with Crippen LogP contribution in [0.4, 0.5) is 24.7 Å². The number of fused-ring (bicyclic) bond motifs is 2. The molecule has 1 aromatic heterocycles. The quantitative estimate of drug-likeness (QED) is 0.205. The number of hydrogen-bond donors (Lipinski definition) is 0. The second-order valence-corrected chi connectivity index (χ2v) is 13.5. The number of alkyl halides is 2. The molecule has 0 unspecified atom stereocenters. The first-order chi connectivity index (χ1) is 22.9. The molecule has 1 aliphatic carbocycles. The maximum Gasteiger partial charge on any atom is 0.318 e. The van der Waals surface area contributed by atoms with E-state index < -0.39 is 23.7 Å². The number of amides is 1. The van der Waals surface area contributed by atoms with Crippen molar-refractivity contribution in [2.75, 3.05) is 62.7 Å². The molecule has 6 rings (SSSR count).